The highest BCUT2D eigenvalue weighted by molar-refractivity contribution is 9.10. The van der Waals surface area contributed by atoms with Crippen molar-refractivity contribution in [3.05, 3.63) is 34.1 Å². The molecule has 1 fully saturated rings. The maximum atomic E-state index is 13.7. The highest BCUT2D eigenvalue weighted by Gasteiger charge is 2.40. The van der Waals surface area contributed by atoms with E-state index in [1.807, 2.05) is 6.92 Å². The summed E-state index contributed by atoms with van der Waals surface area (Å²) in [5.41, 5.74) is -0.391. The zero-order valence-corrected chi connectivity index (χ0v) is 11.3. The normalized spacial score (nSPS) is 23.9. The first-order chi connectivity index (χ1) is 8.09. The van der Waals surface area contributed by atoms with Crippen LogP contribution in [0, 0.1) is 5.82 Å². The molecule has 1 N–H and O–H groups in total. The molecule has 4 heteroatoms. The Morgan fingerprint density at radius 3 is 2.94 bits per heavy atom. The summed E-state index contributed by atoms with van der Waals surface area (Å²) >= 11 is 3.27. The van der Waals surface area contributed by atoms with Gasteiger partial charge in [-0.2, -0.15) is 0 Å². The third kappa shape index (κ3) is 2.29. The number of Topliss-reactive ketones (excluding diaryl/α,β-unsaturated/α-hetero) is 1. The lowest BCUT2D eigenvalue weighted by Gasteiger charge is -2.26. The van der Waals surface area contributed by atoms with Crippen LogP contribution in [0.1, 0.15) is 36.5 Å². The molecule has 1 unspecified atom stereocenters. The summed E-state index contributed by atoms with van der Waals surface area (Å²) in [6, 6.07) is 4.50. The van der Waals surface area contributed by atoms with Gasteiger partial charge in [-0.3, -0.25) is 4.79 Å². The summed E-state index contributed by atoms with van der Waals surface area (Å²) in [6.07, 6.45) is 2.45. The number of halogens is 2. The molecule has 92 valence electrons. The van der Waals surface area contributed by atoms with Gasteiger partial charge in [-0.1, -0.05) is 22.9 Å². The largest absolute Gasteiger partial charge is 0.305 e. The summed E-state index contributed by atoms with van der Waals surface area (Å²) in [7, 11) is 0. The molecule has 17 heavy (non-hydrogen) atoms. The van der Waals surface area contributed by atoms with Crippen LogP contribution >= 0.6 is 15.9 Å². The van der Waals surface area contributed by atoms with Crippen LogP contribution in [-0.4, -0.2) is 17.9 Å². The Labute approximate surface area is 109 Å². The number of carbonyl (C=O) groups is 1. The Morgan fingerprint density at radius 1 is 1.59 bits per heavy atom. The van der Waals surface area contributed by atoms with Crippen molar-refractivity contribution in [2.75, 3.05) is 6.54 Å². The minimum atomic E-state index is -0.568. The quantitative estimate of drug-likeness (QED) is 0.868. The van der Waals surface area contributed by atoms with Crippen molar-refractivity contribution in [3.8, 4) is 0 Å². The minimum absolute atomic E-state index is 0.128. The molecule has 1 heterocycles. The zero-order chi connectivity index (χ0) is 12.5. The standard InChI is InChI=1S/C13H15BrFNO/c1-2-13(6-3-7-16-13)12(17)10-8-9(14)4-5-11(10)15/h4-5,8,16H,2-3,6-7H2,1H3. The van der Waals surface area contributed by atoms with Gasteiger partial charge in [0.25, 0.3) is 0 Å². The molecule has 0 saturated carbocycles. The lowest BCUT2D eigenvalue weighted by Crippen LogP contribution is -2.47. The summed E-state index contributed by atoms with van der Waals surface area (Å²) in [5, 5.41) is 3.23. The van der Waals surface area contributed by atoms with Gasteiger partial charge in [-0.15, -0.1) is 0 Å². The van der Waals surface area contributed by atoms with Crippen molar-refractivity contribution in [3.63, 3.8) is 0 Å². The first-order valence-electron chi connectivity index (χ1n) is 5.84. The third-order valence-corrected chi connectivity index (χ3v) is 3.95. The molecule has 0 aliphatic carbocycles. The Hall–Kier alpha value is -0.740. The molecule has 1 aliphatic heterocycles. The molecule has 1 atom stereocenters. The second-order valence-corrected chi connectivity index (χ2v) is 5.33. The van der Waals surface area contributed by atoms with Crippen LogP contribution in [-0.2, 0) is 0 Å². The molecule has 0 spiro atoms. The van der Waals surface area contributed by atoms with Gasteiger partial charge < -0.3 is 5.32 Å². The number of benzene rings is 1. The van der Waals surface area contributed by atoms with Crippen LogP contribution in [0.4, 0.5) is 4.39 Å². The van der Waals surface area contributed by atoms with E-state index in [1.54, 1.807) is 12.1 Å². The van der Waals surface area contributed by atoms with E-state index in [-0.39, 0.29) is 11.3 Å². The maximum absolute atomic E-state index is 13.7. The lowest BCUT2D eigenvalue weighted by molar-refractivity contribution is 0.0859. The number of hydrogen-bond donors (Lipinski definition) is 1. The summed E-state index contributed by atoms with van der Waals surface area (Å²) < 4.78 is 14.4. The van der Waals surface area contributed by atoms with Crippen LogP contribution < -0.4 is 5.32 Å². The molecule has 2 rings (SSSR count). The number of rotatable bonds is 3. The molecule has 2 nitrogen and oxygen atoms in total. The predicted molar refractivity (Wildman–Crippen MR) is 68.7 cm³/mol. The minimum Gasteiger partial charge on any atom is -0.305 e. The fourth-order valence-electron chi connectivity index (χ4n) is 2.39. The Balaban J connectivity index is 2.39. The molecular formula is C13H15BrFNO. The first-order valence-corrected chi connectivity index (χ1v) is 6.63. The van der Waals surface area contributed by atoms with E-state index in [0.29, 0.717) is 6.42 Å². The SMILES string of the molecule is CCC1(C(=O)c2cc(Br)ccc2F)CCCN1. The number of hydrogen-bond acceptors (Lipinski definition) is 2. The van der Waals surface area contributed by atoms with Gasteiger partial charge in [0.05, 0.1) is 11.1 Å². The third-order valence-electron chi connectivity index (χ3n) is 3.45. The van der Waals surface area contributed by atoms with E-state index >= 15 is 0 Å². The van der Waals surface area contributed by atoms with Crippen molar-refractivity contribution in [2.24, 2.45) is 0 Å². The molecule has 0 aromatic heterocycles. The Kier molecular flexibility index (Phi) is 3.64. The maximum Gasteiger partial charge on any atom is 0.185 e. The van der Waals surface area contributed by atoms with Crippen LogP contribution in [0.3, 0.4) is 0 Å². The average molecular weight is 300 g/mol. The van der Waals surface area contributed by atoms with E-state index < -0.39 is 11.4 Å². The van der Waals surface area contributed by atoms with Gasteiger partial charge in [-0.25, -0.2) is 4.39 Å². The van der Waals surface area contributed by atoms with E-state index in [1.165, 1.54) is 6.07 Å². The van der Waals surface area contributed by atoms with Crippen molar-refractivity contribution in [2.45, 2.75) is 31.7 Å². The second kappa shape index (κ2) is 4.86. The number of ketones is 1. The average Bonchev–Trinajstić information content (AvgIpc) is 2.81. The number of carbonyl (C=O) groups excluding carboxylic acids is 1. The fourth-order valence-corrected chi connectivity index (χ4v) is 2.75. The molecule has 0 bridgehead atoms. The van der Waals surface area contributed by atoms with Crippen LogP contribution in [0.25, 0.3) is 0 Å². The monoisotopic (exact) mass is 299 g/mol. The van der Waals surface area contributed by atoms with Crippen molar-refractivity contribution in [1.29, 1.82) is 0 Å². The Bertz CT molecular complexity index is 441. The zero-order valence-electron chi connectivity index (χ0n) is 9.72. The molecule has 0 radical (unpaired) electrons. The van der Waals surface area contributed by atoms with Crippen LogP contribution in [0.15, 0.2) is 22.7 Å². The summed E-state index contributed by atoms with van der Waals surface area (Å²) in [4.78, 5) is 12.4. The van der Waals surface area contributed by atoms with Crippen molar-refractivity contribution >= 4 is 21.7 Å². The first kappa shape index (κ1) is 12.7. The molecule has 1 aromatic carbocycles. The van der Waals surface area contributed by atoms with Gasteiger partial charge in [0, 0.05) is 4.47 Å². The predicted octanol–water partition coefficient (Wildman–Crippen LogP) is 3.30. The molecule has 1 saturated heterocycles. The highest BCUT2D eigenvalue weighted by Crippen LogP contribution is 2.29. The fraction of sp³-hybridized carbons (Fsp3) is 0.462. The lowest BCUT2D eigenvalue weighted by atomic mass is 9.85. The van der Waals surface area contributed by atoms with Crippen LogP contribution in [0.2, 0.25) is 0 Å². The van der Waals surface area contributed by atoms with Gasteiger partial charge in [0.1, 0.15) is 5.82 Å². The van der Waals surface area contributed by atoms with E-state index in [4.69, 9.17) is 0 Å². The molecule has 0 amide bonds. The molecule has 1 aromatic rings. The number of nitrogens with one attached hydrogen (secondary N) is 1. The van der Waals surface area contributed by atoms with E-state index in [9.17, 15) is 9.18 Å². The van der Waals surface area contributed by atoms with E-state index in [0.717, 1.165) is 23.9 Å². The molecular weight excluding hydrogens is 285 g/mol. The van der Waals surface area contributed by atoms with Gasteiger partial charge in [0.15, 0.2) is 5.78 Å². The summed E-state index contributed by atoms with van der Waals surface area (Å²) in [6.45, 7) is 2.79. The smallest absolute Gasteiger partial charge is 0.185 e. The molecule has 1 aliphatic rings. The second-order valence-electron chi connectivity index (χ2n) is 4.42. The highest BCUT2D eigenvalue weighted by atomic mass is 79.9. The van der Waals surface area contributed by atoms with Crippen molar-refractivity contribution in [1.82, 2.24) is 5.32 Å². The van der Waals surface area contributed by atoms with Gasteiger partial charge in [-0.05, 0) is 44.0 Å². The van der Waals surface area contributed by atoms with E-state index in [2.05, 4.69) is 21.2 Å². The Morgan fingerprint density at radius 2 is 2.35 bits per heavy atom. The van der Waals surface area contributed by atoms with Gasteiger partial charge in [0.2, 0.25) is 0 Å². The van der Waals surface area contributed by atoms with Gasteiger partial charge >= 0.3 is 0 Å². The topological polar surface area (TPSA) is 29.1 Å². The van der Waals surface area contributed by atoms with Crippen molar-refractivity contribution < 1.29 is 9.18 Å². The summed E-state index contributed by atoms with van der Waals surface area (Å²) in [5.74, 6) is -0.573. The van der Waals surface area contributed by atoms with Crippen LogP contribution in [0.5, 0.6) is 0 Å².